The number of aromatic hydroxyl groups is 1. The summed E-state index contributed by atoms with van der Waals surface area (Å²) in [5.74, 6) is -10.3. The monoisotopic (exact) mass is 849 g/mol. The Hall–Kier alpha value is -5.51. The number of hydrogen-bond donors (Lipinski definition) is 2. The summed E-state index contributed by atoms with van der Waals surface area (Å²) in [6.07, 6.45) is -2.63. The van der Waals surface area contributed by atoms with Crippen molar-refractivity contribution in [1.29, 1.82) is 0 Å². The molecule has 11 nitrogen and oxygen atoms in total. The number of carbonyl (C=O) groups is 4. The number of rotatable bonds is 6. The SMILES string of the molecule is O=C1[C@@H]2C[C@@H]3C(=CC[C@@H]4C(=O)N(c5ccc(N6CCOCC6)cc5)C(=O)[C@@H]43)[C@H](c3cccc(F)c3O)[C@]2(c2ccc(Cl)cc2)C(=O)N1Nc1ncc(C(F)(F)F)cc1Cl. The maximum absolute atomic E-state index is 15.4. The summed E-state index contributed by atoms with van der Waals surface area (Å²) in [7, 11) is 0. The van der Waals surface area contributed by atoms with Crippen LogP contribution in [0.3, 0.4) is 0 Å². The molecular formula is C42H33Cl2F4N5O6. The van der Waals surface area contributed by atoms with Gasteiger partial charge in [0.05, 0.1) is 52.7 Å². The molecule has 59 heavy (non-hydrogen) atoms. The number of hydrogen-bond acceptors (Lipinski definition) is 9. The van der Waals surface area contributed by atoms with Crippen LogP contribution in [0.4, 0.5) is 34.8 Å². The molecule has 17 heteroatoms. The number of morpholine rings is 1. The van der Waals surface area contributed by atoms with E-state index >= 15 is 9.18 Å². The first-order chi connectivity index (χ1) is 28.2. The Kier molecular flexibility index (Phi) is 9.48. The molecule has 3 aliphatic heterocycles. The second kappa shape index (κ2) is 14.3. The van der Waals surface area contributed by atoms with Crippen molar-refractivity contribution >= 4 is 64.0 Å². The number of alkyl halides is 3. The molecule has 6 atom stereocenters. The molecule has 2 N–H and O–H groups in total. The molecule has 1 aromatic heterocycles. The molecule has 5 aliphatic rings. The average Bonchev–Trinajstić information content (AvgIpc) is 3.60. The third kappa shape index (κ3) is 6.07. The second-order valence-electron chi connectivity index (χ2n) is 15.2. The standard InChI is InChI=1S/C42H33Cl2F4N5O6/c43-23-6-4-21(5-7-23)41-30(38(56)53(40(41)58)50-36-31(44)18-22(20-49-36)42(46,47)48)19-29-26(34(41)28-2-1-3-32(45)35(28)54)12-13-27-33(29)39(57)52(37(27)55)25-10-8-24(9-11-25)51-14-16-59-17-15-51/h1-12,18,20,27,29-30,33-34,54H,13-17,19H2,(H,49,50)/t27-,29+,30-,33-,34+,41+/m0/s1. The van der Waals surface area contributed by atoms with Gasteiger partial charge in [0.1, 0.15) is 0 Å². The maximum atomic E-state index is 15.4. The van der Waals surface area contributed by atoms with Crippen molar-refractivity contribution in [2.45, 2.75) is 30.4 Å². The summed E-state index contributed by atoms with van der Waals surface area (Å²) < 4.78 is 61.4. The highest BCUT2D eigenvalue weighted by Crippen LogP contribution is 2.65. The van der Waals surface area contributed by atoms with Gasteiger partial charge < -0.3 is 14.7 Å². The van der Waals surface area contributed by atoms with E-state index in [1.54, 1.807) is 18.2 Å². The van der Waals surface area contributed by atoms with Crippen LogP contribution in [0.2, 0.25) is 10.0 Å². The summed E-state index contributed by atoms with van der Waals surface area (Å²) in [5.41, 5.74) is 1.34. The van der Waals surface area contributed by atoms with E-state index < -0.39 is 92.8 Å². The van der Waals surface area contributed by atoms with E-state index in [0.717, 1.165) is 16.7 Å². The number of hydrazine groups is 1. The van der Waals surface area contributed by atoms with E-state index in [-0.39, 0.29) is 24.0 Å². The number of nitrogens with one attached hydrogen (secondary N) is 1. The first-order valence-electron chi connectivity index (χ1n) is 18.8. The van der Waals surface area contributed by atoms with Gasteiger partial charge in [-0.3, -0.25) is 29.5 Å². The van der Waals surface area contributed by atoms with Crippen molar-refractivity contribution in [2.24, 2.45) is 23.7 Å². The van der Waals surface area contributed by atoms with Crippen LogP contribution in [-0.2, 0) is 35.5 Å². The Bertz CT molecular complexity index is 2440. The zero-order chi connectivity index (χ0) is 41.5. The molecule has 0 radical (unpaired) electrons. The summed E-state index contributed by atoms with van der Waals surface area (Å²) in [6, 6.07) is 17.6. The van der Waals surface area contributed by atoms with Crippen molar-refractivity contribution in [3.05, 3.63) is 123 Å². The molecule has 4 amide bonds. The molecule has 4 heterocycles. The topological polar surface area (TPSA) is 132 Å². The van der Waals surface area contributed by atoms with E-state index in [1.807, 2.05) is 12.1 Å². The largest absolute Gasteiger partial charge is 0.505 e. The van der Waals surface area contributed by atoms with Gasteiger partial charge in [0.15, 0.2) is 17.4 Å². The fourth-order valence-corrected chi connectivity index (χ4v) is 10.1. The van der Waals surface area contributed by atoms with Crippen LogP contribution in [0.15, 0.2) is 90.6 Å². The third-order valence-corrected chi connectivity index (χ3v) is 12.9. The molecule has 4 aromatic rings. The summed E-state index contributed by atoms with van der Waals surface area (Å²) in [4.78, 5) is 66.1. The minimum atomic E-state index is -4.79. The predicted octanol–water partition coefficient (Wildman–Crippen LogP) is 7.28. The van der Waals surface area contributed by atoms with Gasteiger partial charge in [0, 0.05) is 41.5 Å². The lowest BCUT2D eigenvalue weighted by Gasteiger charge is -2.50. The van der Waals surface area contributed by atoms with Crippen molar-refractivity contribution in [3.8, 4) is 5.75 Å². The first kappa shape index (κ1) is 39.0. The van der Waals surface area contributed by atoms with Gasteiger partial charge >= 0.3 is 6.18 Å². The zero-order valence-electron chi connectivity index (χ0n) is 30.8. The summed E-state index contributed by atoms with van der Waals surface area (Å²) >= 11 is 12.5. The highest BCUT2D eigenvalue weighted by atomic mass is 35.5. The van der Waals surface area contributed by atoms with Crippen LogP contribution in [0.25, 0.3) is 0 Å². The molecule has 2 aliphatic carbocycles. The second-order valence-corrected chi connectivity index (χ2v) is 16.1. The van der Waals surface area contributed by atoms with E-state index in [9.17, 15) is 32.7 Å². The van der Waals surface area contributed by atoms with Gasteiger partial charge in [0.2, 0.25) is 11.8 Å². The van der Waals surface area contributed by atoms with E-state index in [2.05, 4.69) is 15.3 Å². The third-order valence-electron chi connectivity index (χ3n) is 12.4. The number of benzene rings is 3. The first-order valence-corrected chi connectivity index (χ1v) is 19.6. The highest BCUT2D eigenvalue weighted by molar-refractivity contribution is 6.33. The number of halogens is 6. The molecule has 0 bridgehead atoms. The van der Waals surface area contributed by atoms with E-state index in [4.69, 9.17) is 27.9 Å². The predicted molar refractivity (Wildman–Crippen MR) is 207 cm³/mol. The van der Waals surface area contributed by atoms with E-state index in [0.29, 0.717) is 59.9 Å². The highest BCUT2D eigenvalue weighted by Gasteiger charge is 2.71. The van der Waals surface area contributed by atoms with Crippen LogP contribution in [0, 0.1) is 29.5 Å². The van der Waals surface area contributed by atoms with Crippen molar-refractivity contribution in [1.82, 2.24) is 9.99 Å². The van der Waals surface area contributed by atoms with E-state index in [1.165, 1.54) is 36.4 Å². The Balaban J connectivity index is 1.17. The molecule has 3 aromatic carbocycles. The maximum Gasteiger partial charge on any atom is 0.417 e. The minimum Gasteiger partial charge on any atom is -0.505 e. The van der Waals surface area contributed by atoms with Crippen molar-refractivity contribution in [3.63, 3.8) is 0 Å². The van der Waals surface area contributed by atoms with Gasteiger partial charge in [-0.2, -0.15) is 18.2 Å². The molecule has 0 spiro atoms. The normalized spacial score (nSPS) is 26.8. The lowest BCUT2D eigenvalue weighted by molar-refractivity contribution is -0.139. The fourth-order valence-electron chi connectivity index (χ4n) is 9.78. The van der Waals surface area contributed by atoms with Gasteiger partial charge in [0.25, 0.3) is 11.8 Å². The number of anilines is 3. The number of carbonyl (C=O) groups excluding carboxylic acids is 4. The number of aromatic nitrogens is 1. The zero-order valence-corrected chi connectivity index (χ0v) is 32.3. The van der Waals surface area contributed by atoms with Gasteiger partial charge in [-0.25, -0.2) is 9.37 Å². The number of pyridine rings is 1. The Morgan fingerprint density at radius 2 is 1.58 bits per heavy atom. The molecule has 1 saturated carbocycles. The van der Waals surface area contributed by atoms with Gasteiger partial charge in [-0.15, -0.1) is 0 Å². The summed E-state index contributed by atoms with van der Waals surface area (Å²) in [5, 5.41) is 11.8. The molecule has 4 fully saturated rings. The molecule has 9 rings (SSSR count). The smallest absolute Gasteiger partial charge is 0.417 e. The number of nitrogens with zero attached hydrogens (tertiary/aromatic N) is 4. The Morgan fingerprint density at radius 1 is 0.881 bits per heavy atom. The quantitative estimate of drug-likeness (QED) is 0.117. The van der Waals surface area contributed by atoms with Crippen LogP contribution < -0.4 is 15.2 Å². The Labute approximate surface area is 344 Å². The number of amides is 4. The lowest BCUT2D eigenvalue weighted by Crippen LogP contribution is -2.53. The molecule has 3 saturated heterocycles. The van der Waals surface area contributed by atoms with Crippen LogP contribution in [-0.4, -0.2) is 65.0 Å². The number of phenolic OH excluding ortho intramolecular Hbond substituents is 1. The van der Waals surface area contributed by atoms with Crippen molar-refractivity contribution in [2.75, 3.05) is 41.5 Å². The summed E-state index contributed by atoms with van der Waals surface area (Å²) in [6.45, 7) is 2.51. The van der Waals surface area contributed by atoms with Gasteiger partial charge in [-0.05, 0) is 72.9 Å². The van der Waals surface area contributed by atoms with Crippen LogP contribution >= 0.6 is 23.2 Å². The lowest BCUT2D eigenvalue weighted by atomic mass is 9.49. The number of imide groups is 2. The minimum absolute atomic E-state index is 0.0552. The molecular weight excluding hydrogens is 817 g/mol. The number of fused-ring (bicyclic) bond motifs is 4. The fraction of sp³-hybridized carbons (Fsp3) is 0.310. The van der Waals surface area contributed by atoms with Crippen LogP contribution in [0.5, 0.6) is 5.75 Å². The van der Waals surface area contributed by atoms with Gasteiger partial charge in [-0.1, -0.05) is 59.1 Å². The molecule has 0 unspecified atom stereocenters. The number of phenols is 1. The number of allylic oxidation sites excluding steroid dienone is 2. The average molecular weight is 851 g/mol. The number of para-hydroxylation sites is 1. The Morgan fingerprint density at radius 3 is 2.25 bits per heavy atom. The van der Waals surface area contributed by atoms with Crippen molar-refractivity contribution < 1.29 is 46.6 Å². The molecule has 304 valence electrons. The van der Waals surface area contributed by atoms with Crippen LogP contribution in [0.1, 0.15) is 35.4 Å². The number of ether oxygens (including phenoxy) is 1.